The summed E-state index contributed by atoms with van der Waals surface area (Å²) < 4.78 is 0. The molecule has 0 atom stereocenters. The zero-order chi connectivity index (χ0) is 14.0. The van der Waals surface area contributed by atoms with Crippen molar-refractivity contribution in [3.63, 3.8) is 0 Å². The summed E-state index contributed by atoms with van der Waals surface area (Å²) in [6.07, 6.45) is 28.1. The summed E-state index contributed by atoms with van der Waals surface area (Å²) in [5.74, 6) is 0. The zero-order valence-electron chi connectivity index (χ0n) is 12.8. The van der Waals surface area contributed by atoms with Gasteiger partial charge >= 0.3 is 0 Å². The smallest absolute Gasteiger partial charge is 0.0166 e. The molecule has 108 valence electrons. The Morgan fingerprint density at radius 3 is 1.95 bits per heavy atom. The molecule has 0 saturated carbocycles. The molecular formula is C19H32. The van der Waals surface area contributed by atoms with Crippen molar-refractivity contribution < 1.29 is 0 Å². The fourth-order valence-corrected chi connectivity index (χ4v) is 1.96. The van der Waals surface area contributed by atoms with Crippen LogP contribution in [0.4, 0.5) is 0 Å². The Morgan fingerprint density at radius 2 is 1.26 bits per heavy atom. The van der Waals surface area contributed by atoms with Crippen LogP contribution in [0.1, 0.15) is 71.1 Å². The van der Waals surface area contributed by atoms with Crippen LogP contribution in [0.3, 0.4) is 0 Å². The van der Waals surface area contributed by atoms with E-state index in [0.29, 0.717) is 0 Å². The third-order valence-corrected chi connectivity index (χ3v) is 3.12. The van der Waals surface area contributed by atoms with Gasteiger partial charge in [0.2, 0.25) is 0 Å². The molecule has 0 aliphatic carbocycles. The van der Waals surface area contributed by atoms with Gasteiger partial charge in [-0.3, -0.25) is 0 Å². The van der Waals surface area contributed by atoms with Gasteiger partial charge in [0.15, 0.2) is 0 Å². The van der Waals surface area contributed by atoms with Gasteiger partial charge in [-0.25, -0.2) is 0 Å². The zero-order valence-corrected chi connectivity index (χ0v) is 12.8. The number of hydrogen-bond donors (Lipinski definition) is 0. The second-order valence-electron chi connectivity index (χ2n) is 4.99. The minimum Gasteiger partial charge on any atom is -0.0991 e. The highest BCUT2D eigenvalue weighted by Gasteiger charge is 1.88. The van der Waals surface area contributed by atoms with E-state index in [-0.39, 0.29) is 0 Å². The molecule has 0 aromatic rings. The Labute approximate surface area is 121 Å². The molecule has 19 heavy (non-hydrogen) atoms. The second-order valence-corrected chi connectivity index (χ2v) is 4.99. The lowest BCUT2D eigenvalue weighted by Gasteiger charge is -1.98. The van der Waals surface area contributed by atoms with Gasteiger partial charge < -0.3 is 0 Å². The molecule has 0 N–H and O–H groups in total. The topological polar surface area (TPSA) is 0 Å². The summed E-state index contributed by atoms with van der Waals surface area (Å²) in [5.41, 5.74) is 0. The first-order valence-corrected chi connectivity index (χ1v) is 7.99. The highest BCUT2D eigenvalue weighted by atomic mass is 13.9. The fraction of sp³-hybridized carbons (Fsp3) is 0.579. The first kappa shape index (κ1) is 18.0. The number of allylic oxidation sites excluding steroid dienone is 7. The molecule has 0 saturated heterocycles. The molecule has 0 amide bonds. The van der Waals surface area contributed by atoms with Crippen LogP contribution in [0.2, 0.25) is 0 Å². The molecule has 0 bridgehead atoms. The molecule has 0 aliphatic heterocycles. The van der Waals surface area contributed by atoms with Gasteiger partial charge in [-0.05, 0) is 25.7 Å². The molecular weight excluding hydrogens is 228 g/mol. The molecule has 0 aromatic carbocycles. The Balaban J connectivity index is 3.21. The molecule has 0 heterocycles. The lowest BCUT2D eigenvalue weighted by Crippen LogP contribution is -1.78. The van der Waals surface area contributed by atoms with E-state index in [2.05, 4.69) is 43.9 Å². The van der Waals surface area contributed by atoms with Gasteiger partial charge in [0.1, 0.15) is 0 Å². The maximum absolute atomic E-state index is 3.64. The molecule has 0 spiro atoms. The highest BCUT2D eigenvalue weighted by Crippen LogP contribution is 2.08. The van der Waals surface area contributed by atoms with Crippen molar-refractivity contribution in [3.8, 4) is 0 Å². The summed E-state index contributed by atoms with van der Waals surface area (Å²) in [5, 5.41) is 0. The van der Waals surface area contributed by atoms with Crippen molar-refractivity contribution in [2.75, 3.05) is 0 Å². The van der Waals surface area contributed by atoms with E-state index in [0.717, 1.165) is 12.8 Å². The Hall–Kier alpha value is -1.04. The average molecular weight is 260 g/mol. The molecule has 0 unspecified atom stereocenters. The SMILES string of the molecule is C=CC=CCC=CCC=CCCCCCCCCC. The average Bonchev–Trinajstić information content (AvgIpc) is 2.43. The lowest BCUT2D eigenvalue weighted by molar-refractivity contribution is 0.592. The van der Waals surface area contributed by atoms with Crippen molar-refractivity contribution in [3.05, 3.63) is 49.1 Å². The molecule has 0 fully saturated rings. The summed E-state index contributed by atoms with van der Waals surface area (Å²) in [6.45, 7) is 5.91. The van der Waals surface area contributed by atoms with Gasteiger partial charge in [0, 0.05) is 0 Å². The summed E-state index contributed by atoms with van der Waals surface area (Å²) in [4.78, 5) is 0. The maximum atomic E-state index is 3.64. The van der Waals surface area contributed by atoms with Crippen LogP contribution < -0.4 is 0 Å². The number of unbranched alkanes of at least 4 members (excludes halogenated alkanes) is 7. The third kappa shape index (κ3) is 17.0. The van der Waals surface area contributed by atoms with Crippen LogP contribution in [0, 0.1) is 0 Å². The predicted octanol–water partition coefficient (Wildman–Crippen LogP) is 6.76. The van der Waals surface area contributed by atoms with Crippen molar-refractivity contribution in [2.24, 2.45) is 0 Å². The molecule has 0 heteroatoms. The van der Waals surface area contributed by atoms with Gasteiger partial charge in [-0.2, -0.15) is 0 Å². The predicted molar refractivity (Wildman–Crippen MR) is 89.5 cm³/mol. The maximum Gasteiger partial charge on any atom is -0.0166 e. The van der Waals surface area contributed by atoms with E-state index in [1.807, 2.05) is 12.2 Å². The van der Waals surface area contributed by atoms with E-state index in [1.165, 1.54) is 51.4 Å². The minimum absolute atomic E-state index is 1.01. The molecule has 0 aliphatic rings. The standard InChI is InChI=1S/C19H32/c1-3-5-7-9-11-13-15-17-19-18-16-14-12-10-8-6-4-2/h3,5,7,11,13,17,19H,1,4,6,8-10,12,14-16,18H2,2H3. The quantitative estimate of drug-likeness (QED) is 0.195. The highest BCUT2D eigenvalue weighted by molar-refractivity contribution is 5.02. The fourth-order valence-electron chi connectivity index (χ4n) is 1.96. The van der Waals surface area contributed by atoms with Crippen molar-refractivity contribution in [1.29, 1.82) is 0 Å². The first-order valence-electron chi connectivity index (χ1n) is 7.99. The summed E-state index contributed by atoms with van der Waals surface area (Å²) in [7, 11) is 0. The van der Waals surface area contributed by atoms with E-state index in [1.54, 1.807) is 0 Å². The van der Waals surface area contributed by atoms with Crippen LogP contribution in [-0.4, -0.2) is 0 Å². The van der Waals surface area contributed by atoms with Gasteiger partial charge in [-0.15, -0.1) is 0 Å². The van der Waals surface area contributed by atoms with E-state index >= 15 is 0 Å². The monoisotopic (exact) mass is 260 g/mol. The Morgan fingerprint density at radius 1 is 0.684 bits per heavy atom. The van der Waals surface area contributed by atoms with Crippen molar-refractivity contribution in [1.82, 2.24) is 0 Å². The Kier molecular flexibility index (Phi) is 16.0. The van der Waals surface area contributed by atoms with E-state index in [9.17, 15) is 0 Å². The van der Waals surface area contributed by atoms with Crippen LogP contribution in [0.25, 0.3) is 0 Å². The van der Waals surface area contributed by atoms with Crippen LogP contribution in [0.5, 0.6) is 0 Å². The third-order valence-electron chi connectivity index (χ3n) is 3.12. The van der Waals surface area contributed by atoms with Gasteiger partial charge in [0.05, 0.1) is 0 Å². The van der Waals surface area contributed by atoms with Gasteiger partial charge in [0.25, 0.3) is 0 Å². The minimum atomic E-state index is 1.01. The van der Waals surface area contributed by atoms with Crippen molar-refractivity contribution >= 4 is 0 Å². The summed E-state index contributed by atoms with van der Waals surface area (Å²) >= 11 is 0. The normalized spacial score (nSPS) is 12.1. The molecule has 0 rings (SSSR count). The van der Waals surface area contributed by atoms with E-state index in [4.69, 9.17) is 0 Å². The number of rotatable bonds is 13. The molecule has 0 nitrogen and oxygen atoms in total. The molecule has 0 radical (unpaired) electrons. The van der Waals surface area contributed by atoms with Crippen LogP contribution in [-0.2, 0) is 0 Å². The summed E-state index contributed by atoms with van der Waals surface area (Å²) in [6, 6.07) is 0. The first-order chi connectivity index (χ1) is 9.41. The largest absolute Gasteiger partial charge is 0.0991 e. The Bertz CT molecular complexity index is 255. The van der Waals surface area contributed by atoms with Crippen LogP contribution >= 0.6 is 0 Å². The van der Waals surface area contributed by atoms with Gasteiger partial charge in [-0.1, -0.05) is 94.6 Å². The van der Waals surface area contributed by atoms with Crippen molar-refractivity contribution in [2.45, 2.75) is 71.1 Å². The number of hydrogen-bond acceptors (Lipinski definition) is 0. The molecule has 0 aromatic heterocycles. The second kappa shape index (κ2) is 17.0. The van der Waals surface area contributed by atoms with E-state index < -0.39 is 0 Å². The van der Waals surface area contributed by atoms with Crippen LogP contribution in [0.15, 0.2) is 49.1 Å². The lowest BCUT2D eigenvalue weighted by atomic mass is 10.1.